The Morgan fingerprint density at radius 2 is 1.52 bits per heavy atom. The van der Waals surface area contributed by atoms with Crippen molar-refractivity contribution in [3.8, 4) is 0 Å². The quantitative estimate of drug-likeness (QED) is 0.844. The molecule has 0 spiro atoms. The number of likely N-dealkylation sites (N-methyl/N-ethyl adjacent to an activating group) is 1. The summed E-state index contributed by atoms with van der Waals surface area (Å²) in [6.45, 7) is 10.8. The summed E-state index contributed by atoms with van der Waals surface area (Å²) >= 11 is 0. The number of piperazine rings is 1. The summed E-state index contributed by atoms with van der Waals surface area (Å²) in [4.78, 5) is 7.80. The lowest BCUT2D eigenvalue weighted by atomic mass is 10.0. The summed E-state index contributed by atoms with van der Waals surface area (Å²) < 4.78 is 0. The third-order valence-electron chi connectivity index (χ3n) is 5.14. The minimum absolute atomic E-state index is 0.827. The van der Waals surface area contributed by atoms with Crippen LogP contribution in [-0.2, 0) is 6.54 Å². The molecule has 2 aliphatic rings. The van der Waals surface area contributed by atoms with Gasteiger partial charge in [-0.3, -0.25) is 9.80 Å². The van der Waals surface area contributed by atoms with Crippen LogP contribution in [0.3, 0.4) is 0 Å². The van der Waals surface area contributed by atoms with Crippen molar-refractivity contribution in [2.45, 2.75) is 32.4 Å². The molecule has 2 fully saturated rings. The molecular weight excluding hydrogens is 258 g/mol. The smallest absolute Gasteiger partial charge is 0.0233 e. The van der Waals surface area contributed by atoms with Crippen LogP contribution >= 0.6 is 0 Å². The molecule has 0 saturated carbocycles. The van der Waals surface area contributed by atoms with E-state index < -0.39 is 0 Å². The van der Waals surface area contributed by atoms with Crippen LogP contribution in [0.2, 0.25) is 0 Å². The summed E-state index contributed by atoms with van der Waals surface area (Å²) in [6, 6.07) is 9.84. The Bertz CT molecular complexity index is 426. The maximum Gasteiger partial charge on any atom is 0.0233 e. The zero-order valence-electron chi connectivity index (χ0n) is 13.6. The van der Waals surface area contributed by atoms with Crippen LogP contribution in [0.4, 0.5) is 0 Å². The molecule has 0 amide bonds. The van der Waals surface area contributed by atoms with Crippen LogP contribution in [-0.4, -0.2) is 67.1 Å². The highest BCUT2D eigenvalue weighted by Gasteiger charge is 2.26. The average Bonchev–Trinajstić information content (AvgIpc) is 2.51. The molecule has 3 nitrogen and oxygen atoms in total. The lowest BCUT2D eigenvalue weighted by molar-refractivity contribution is 0.0658. The maximum atomic E-state index is 2.73. The molecule has 2 heterocycles. The monoisotopic (exact) mass is 287 g/mol. The van der Waals surface area contributed by atoms with Gasteiger partial charge in [-0.1, -0.05) is 29.8 Å². The molecule has 21 heavy (non-hydrogen) atoms. The second-order valence-electron chi connectivity index (χ2n) is 6.83. The van der Waals surface area contributed by atoms with Crippen LogP contribution in [0.25, 0.3) is 0 Å². The third-order valence-corrected chi connectivity index (χ3v) is 5.14. The van der Waals surface area contributed by atoms with E-state index in [-0.39, 0.29) is 0 Å². The molecule has 0 atom stereocenters. The number of piperidine rings is 1. The number of aryl methyl sites for hydroxylation is 1. The van der Waals surface area contributed by atoms with E-state index in [9.17, 15) is 0 Å². The van der Waals surface area contributed by atoms with Gasteiger partial charge >= 0.3 is 0 Å². The van der Waals surface area contributed by atoms with E-state index >= 15 is 0 Å². The fourth-order valence-corrected chi connectivity index (χ4v) is 3.58. The van der Waals surface area contributed by atoms with Crippen LogP contribution in [0.15, 0.2) is 24.3 Å². The molecule has 0 N–H and O–H groups in total. The first-order chi connectivity index (χ1) is 10.2. The van der Waals surface area contributed by atoms with Crippen LogP contribution < -0.4 is 0 Å². The Hall–Kier alpha value is -0.900. The van der Waals surface area contributed by atoms with Gasteiger partial charge in [0.25, 0.3) is 0 Å². The number of likely N-dealkylation sites (tertiary alicyclic amines) is 1. The fraction of sp³-hybridized carbons (Fsp3) is 0.667. The molecule has 0 aromatic heterocycles. The number of nitrogens with zero attached hydrogens (tertiary/aromatic N) is 3. The molecule has 1 aromatic rings. The molecule has 3 heteroatoms. The molecule has 3 rings (SSSR count). The highest BCUT2D eigenvalue weighted by molar-refractivity contribution is 5.21. The molecule has 1 aromatic carbocycles. The normalized spacial score (nSPS) is 23.5. The van der Waals surface area contributed by atoms with Crippen molar-refractivity contribution >= 4 is 0 Å². The second-order valence-corrected chi connectivity index (χ2v) is 6.83. The van der Waals surface area contributed by atoms with Gasteiger partial charge < -0.3 is 4.90 Å². The van der Waals surface area contributed by atoms with Crippen molar-refractivity contribution in [1.82, 2.24) is 14.7 Å². The molecule has 0 unspecified atom stereocenters. The van der Waals surface area contributed by atoms with Crippen molar-refractivity contribution in [3.05, 3.63) is 35.4 Å². The standard InChI is InChI=1S/C18H29N3/c1-16-3-5-17(6-4-16)15-20-9-7-18(8-10-20)21-13-11-19(2)12-14-21/h3-6,18H,7-15H2,1-2H3. The summed E-state index contributed by atoms with van der Waals surface area (Å²) in [5.74, 6) is 0. The number of hydrogen-bond acceptors (Lipinski definition) is 3. The lowest BCUT2D eigenvalue weighted by Gasteiger charge is -2.42. The molecule has 0 radical (unpaired) electrons. The first-order valence-corrected chi connectivity index (χ1v) is 8.41. The number of benzene rings is 1. The van der Waals surface area contributed by atoms with E-state index in [1.807, 2.05) is 0 Å². The van der Waals surface area contributed by atoms with E-state index in [4.69, 9.17) is 0 Å². The van der Waals surface area contributed by atoms with E-state index in [2.05, 4.69) is 52.9 Å². The largest absolute Gasteiger partial charge is 0.304 e. The van der Waals surface area contributed by atoms with E-state index in [0.717, 1.165) is 12.6 Å². The van der Waals surface area contributed by atoms with E-state index in [1.54, 1.807) is 0 Å². The average molecular weight is 287 g/mol. The first kappa shape index (κ1) is 15.0. The van der Waals surface area contributed by atoms with Gasteiger partial charge in [0.1, 0.15) is 0 Å². The van der Waals surface area contributed by atoms with Crippen molar-refractivity contribution in [2.75, 3.05) is 46.3 Å². The summed E-state index contributed by atoms with van der Waals surface area (Å²) in [5.41, 5.74) is 2.81. The van der Waals surface area contributed by atoms with Gasteiger partial charge in [-0.05, 0) is 45.5 Å². The Morgan fingerprint density at radius 1 is 0.905 bits per heavy atom. The Balaban J connectivity index is 1.45. The van der Waals surface area contributed by atoms with Gasteiger partial charge in [-0.2, -0.15) is 0 Å². The minimum atomic E-state index is 0.827. The summed E-state index contributed by atoms with van der Waals surface area (Å²) in [5, 5.41) is 0. The van der Waals surface area contributed by atoms with E-state index in [1.165, 1.54) is 63.2 Å². The van der Waals surface area contributed by atoms with Crippen molar-refractivity contribution in [3.63, 3.8) is 0 Å². The second kappa shape index (κ2) is 6.91. The minimum Gasteiger partial charge on any atom is -0.304 e. The Morgan fingerprint density at radius 3 is 2.14 bits per heavy atom. The van der Waals surface area contributed by atoms with E-state index in [0.29, 0.717) is 0 Å². The van der Waals surface area contributed by atoms with Gasteiger partial charge in [0.15, 0.2) is 0 Å². The molecule has 0 bridgehead atoms. The molecule has 116 valence electrons. The summed E-state index contributed by atoms with van der Waals surface area (Å²) in [6.07, 6.45) is 2.69. The Kier molecular flexibility index (Phi) is 4.94. The zero-order chi connectivity index (χ0) is 14.7. The molecule has 2 saturated heterocycles. The third kappa shape index (κ3) is 4.06. The SMILES string of the molecule is Cc1ccc(CN2CCC(N3CCN(C)CC3)CC2)cc1. The van der Waals surface area contributed by atoms with Gasteiger partial charge in [0, 0.05) is 38.8 Å². The Labute approximate surface area is 129 Å². The highest BCUT2D eigenvalue weighted by atomic mass is 15.3. The van der Waals surface area contributed by atoms with Gasteiger partial charge in [0.05, 0.1) is 0 Å². The predicted molar refractivity (Wildman–Crippen MR) is 88.5 cm³/mol. The van der Waals surface area contributed by atoms with Crippen LogP contribution in [0.1, 0.15) is 24.0 Å². The molecule has 0 aliphatic carbocycles. The van der Waals surface area contributed by atoms with Gasteiger partial charge in [-0.15, -0.1) is 0 Å². The van der Waals surface area contributed by atoms with Gasteiger partial charge in [0.2, 0.25) is 0 Å². The predicted octanol–water partition coefficient (Wildman–Crippen LogP) is 2.21. The van der Waals surface area contributed by atoms with Crippen molar-refractivity contribution in [2.24, 2.45) is 0 Å². The zero-order valence-corrected chi connectivity index (χ0v) is 13.6. The highest BCUT2D eigenvalue weighted by Crippen LogP contribution is 2.19. The topological polar surface area (TPSA) is 9.72 Å². The fourth-order valence-electron chi connectivity index (χ4n) is 3.58. The van der Waals surface area contributed by atoms with Crippen molar-refractivity contribution in [1.29, 1.82) is 0 Å². The van der Waals surface area contributed by atoms with Gasteiger partial charge in [-0.25, -0.2) is 0 Å². The number of hydrogen-bond donors (Lipinski definition) is 0. The number of rotatable bonds is 3. The van der Waals surface area contributed by atoms with Crippen LogP contribution in [0.5, 0.6) is 0 Å². The summed E-state index contributed by atoms with van der Waals surface area (Å²) in [7, 11) is 2.24. The first-order valence-electron chi connectivity index (χ1n) is 8.41. The lowest BCUT2D eigenvalue weighted by Crippen LogP contribution is -2.52. The maximum absolute atomic E-state index is 2.73. The van der Waals surface area contributed by atoms with Crippen molar-refractivity contribution < 1.29 is 0 Å². The van der Waals surface area contributed by atoms with Crippen LogP contribution in [0, 0.1) is 6.92 Å². The molecule has 2 aliphatic heterocycles. The molecular formula is C18H29N3.